The number of carbonyl (C=O) groups is 2. The topological polar surface area (TPSA) is 125 Å². The Labute approximate surface area is 165 Å². The standard InChI is InChI=1S/C19H20N4O6/c1-27-13-9-12(14(28-2)8-11(13)22-3-5-29-6-4-22)23-15(24)7-10-16(17(23)20)19(26)21-18(10)25/h7-9H,3-6,20H2,1-2H3,(H,21,25,26). The van der Waals surface area contributed by atoms with Crippen LogP contribution in [0.1, 0.15) is 20.7 Å². The van der Waals surface area contributed by atoms with E-state index in [1.807, 2.05) is 0 Å². The Hall–Kier alpha value is -3.53. The van der Waals surface area contributed by atoms with Crippen molar-refractivity contribution in [2.45, 2.75) is 0 Å². The highest BCUT2D eigenvalue weighted by Gasteiger charge is 2.32. The van der Waals surface area contributed by atoms with Crippen LogP contribution in [0.15, 0.2) is 23.0 Å². The van der Waals surface area contributed by atoms with Crippen molar-refractivity contribution in [3.63, 3.8) is 0 Å². The summed E-state index contributed by atoms with van der Waals surface area (Å²) in [5.74, 6) is -0.559. The molecule has 2 aliphatic rings. The van der Waals surface area contributed by atoms with E-state index in [-0.39, 0.29) is 16.9 Å². The maximum atomic E-state index is 12.8. The number of aromatic nitrogens is 1. The highest BCUT2D eigenvalue weighted by Crippen LogP contribution is 2.38. The lowest BCUT2D eigenvalue weighted by molar-refractivity contribution is 0.0880. The average Bonchev–Trinajstić information content (AvgIpc) is 3.01. The lowest BCUT2D eigenvalue weighted by atomic mass is 10.1. The number of imide groups is 1. The number of methoxy groups -OCH3 is 2. The third kappa shape index (κ3) is 2.97. The Morgan fingerprint density at radius 2 is 1.59 bits per heavy atom. The van der Waals surface area contributed by atoms with Crippen LogP contribution in [0.3, 0.4) is 0 Å². The Morgan fingerprint density at radius 3 is 2.24 bits per heavy atom. The number of amides is 2. The average molecular weight is 400 g/mol. The molecule has 1 fully saturated rings. The van der Waals surface area contributed by atoms with Crippen LogP contribution in [0.25, 0.3) is 5.69 Å². The first-order valence-corrected chi connectivity index (χ1v) is 8.96. The molecule has 3 heterocycles. The van der Waals surface area contributed by atoms with E-state index in [4.69, 9.17) is 19.9 Å². The number of nitrogens with one attached hydrogen (secondary N) is 1. The molecule has 0 unspecified atom stereocenters. The van der Waals surface area contributed by atoms with Gasteiger partial charge in [0.25, 0.3) is 17.4 Å². The van der Waals surface area contributed by atoms with E-state index in [2.05, 4.69) is 10.2 Å². The molecule has 1 saturated heterocycles. The molecule has 0 bridgehead atoms. The Balaban J connectivity index is 1.92. The second kappa shape index (κ2) is 7.13. The van der Waals surface area contributed by atoms with E-state index >= 15 is 0 Å². The van der Waals surface area contributed by atoms with Crippen LogP contribution in [-0.2, 0) is 4.74 Å². The summed E-state index contributed by atoms with van der Waals surface area (Å²) in [5.41, 5.74) is 6.60. The number of nitrogens with zero attached hydrogens (tertiary/aromatic N) is 2. The molecule has 0 atom stereocenters. The molecule has 0 aliphatic carbocycles. The molecule has 152 valence electrons. The maximum Gasteiger partial charge on any atom is 0.262 e. The molecule has 1 aromatic heterocycles. The van der Waals surface area contributed by atoms with Gasteiger partial charge >= 0.3 is 0 Å². The molecule has 0 spiro atoms. The van der Waals surface area contributed by atoms with Crippen molar-refractivity contribution in [1.82, 2.24) is 9.88 Å². The van der Waals surface area contributed by atoms with Crippen LogP contribution in [0.4, 0.5) is 11.5 Å². The summed E-state index contributed by atoms with van der Waals surface area (Å²) in [5, 5.41) is 2.15. The predicted molar refractivity (Wildman–Crippen MR) is 104 cm³/mol. The van der Waals surface area contributed by atoms with Gasteiger partial charge in [0.15, 0.2) is 0 Å². The van der Waals surface area contributed by atoms with E-state index in [1.54, 1.807) is 12.1 Å². The molecular formula is C19H20N4O6. The summed E-state index contributed by atoms with van der Waals surface area (Å²) in [6.45, 7) is 2.55. The molecule has 0 saturated carbocycles. The molecule has 2 aromatic rings. The van der Waals surface area contributed by atoms with Crippen molar-refractivity contribution < 1.29 is 23.8 Å². The fourth-order valence-electron chi connectivity index (χ4n) is 3.62. The van der Waals surface area contributed by atoms with E-state index in [9.17, 15) is 14.4 Å². The number of fused-ring (bicyclic) bond motifs is 1. The van der Waals surface area contributed by atoms with Crippen LogP contribution in [0, 0.1) is 0 Å². The predicted octanol–water partition coefficient (Wildman–Crippen LogP) is 0.157. The highest BCUT2D eigenvalue weighted by molar-refractivity contribution is 6.23. The highest BCUT2D eigenvalue weighted by atomic mass is 16.5. The first kappa shape index (κ1) is 18.8. The molecule has 29 heavy (non-hydrogen) atoms. The zero-order valence-corrected chi connectivity index (χ0v) is 16.0. The minimum atomic E-state index is -0.646. The van der Waals surface area contributed by atoms with Gasteiger partial charge in [0.1, 0.15) is 17.3 Å². The minimum absolute atomic E-state index is 0.0344. The number of nitrogen functional groups attached to an aromatic ring is 1. The smallest absolute Gasteiger partial charge is 0.262 e. The summed E-state index contributed by atoms with van der Waals surface area (Å²) in [4.78, 5) is 38.9. The van der Waals surface area contributed by atoms with Crippen LogP contribution in [0.5, 0.6) is 11.5 Å². The SMILES string of the molecule is COc1cc(-n2c(N)c3c(cc2=O)C(=O)NC3=O)c(OC)cc1N1CCOCC1. The lowest BCUT2D eigenvalue weighted by Gasteiger charge is -2.31. The van der Waals surface area contributed by atoms with Gasteiger partial charge in [-0.05, 0) is 0 Å². The monoisotopic (exact) mass is 400 g/mol. The number of nitrogens with two attached hydrogens (primary N) is 1. The third-order valence-corrected chi connectivity index (χ3v) is 5.03. The van der Waals surface area contributed by atoms with Gasteiger partial charge < -0.3 is 24.8 Å². The number of benzene rings is 1. The van der Waals surface area contributed by atoms with Crippen LogP contribution in [0.2, 0.25) is 0 Å². The third-order valence-electron chi connectivity index (χ3n) is 5.03. The largest absolute Gasteiger partial charge is 0.494 e. The number of ether oxygens (including phenoxy) is 3. The van der Waals surface area contributed by atoms with Crippen molar-refractivity contribution in [2.75, 3.05) is 51.2 Å². The van der Waals surface area contributed by atoms with Gasteiger partial charge in [-0.1, -0.05) is 0 Å². The normalized spacial score (nSPS) is 15.9. The van der Waals surface area contributed by atoms with Gasteiger partial charge in [0, 0.05) is 31.3 Å². The molecule has 4 rings (SSSR count). The first-order valence-electron chi connectivity index (χ1n) is 8.96. The molecule has 2 amide bonds. The van der Waals surface area contributed by atoms with E-state index in [0.717, 1.165) is 16.3 Å². The van der Waals surface area contributed by atoms with Crippen molar-refractivity contribution in [3.05, 3.63) is 39.7 Å². The summed E-state index contributed by atoms with van der Waals surface area (Å²) in [6.07, 6.45) is 0. The summed E-state index contributed by atoms with van der Waals surface area (Å²) in [6, 6.07) is 4.47. The van der Waals surface area contributed by atoms with Crippen molar-refractivity contribution in [3.8, 4) is 17.2 Å². The van der Waals surface area contributed by atoms with Gasteiger partial charge in [-0.25, -0.2) is 0 Å². The summed E-state index contributed by atoms with van der Waals surface area (Å²) < 4.78 is 17.6. The van der Waals surface area contributed by atoms with Crippen LogP contribution in [-0.4, -0.2) is 56.9 Å². The lowest BCUT2D eigenvalue weighted by Crippen LogP contribution is -2.36. The molecule has 3 N–H and O–H groups in total. The fraction of sp³-hybridized carbons (Fsp3) is 0.316. The van der Waals surface area contributed by atoms with Gasteiger partial charge in [0.05, 0.1) is 49.9 Å². The van der Waals surface area contributed by atoms with Gasteiger partial charge in [-0.15, -0.1) is 0 Å². The van der Waals surface area contributed by atoms with Gasteiger partial charge in [-0.2, -0.15) is 0 Å². The van der Waals surface area contributed by atoms with Crippen molar-refractivity contribution in [1.29, 1.82) is 0 Å². The number of hydrogen-bond acceptors (Lipinski definition) is 8. The Bertz CT molecular complexity index is 1070. The summed E-state index contributed by atoms with van der Waals surface area (Å²) in [7, 11) is 3.00. The zero-order chi connectivity index (χ0) is 20.7. The van der Waals surface area contributed by atoms with Crippen LogP contribution < -0.4 is 31.0 Å². The van der Waals surface area contributed by atoms with E-state index in [1.165, 1.54) is 14.2 Å². The van der Waals surface area contributed by atoms with Crippen molar-refractivity contribution >= 4 is 23.3 Å². The maximum absolute atomic E-state index is 12.8. The van der Waals surface area contributed by atoms with Gasteiger partial charge in [0.2, 0.25) is 0 Å². The number of morpholine rings is 1. The molecule has 0 radical (unpaired) electrons. The number of hydrogen-bond donors (Lipinski definition) is 2. The quantitative estimate of drug-likeness (QED) is 0.695. The Morgan fingerprint density at radius 1 is 0.966 bits per heavy atom. The van der Waals surface area contributed by atoms with Gasteiger partial charge in [-0.3, -0.25) is 24.3 Å². The van der Waals surface area contributed by atoms with Crippen molar-refractivity contribution in [2.24, 2.45) is 0 Å². The number of rotatable bonds is 4. The molecule has 2 aliphatic heterocycles. The Kier molecular flexibility index (Phi) is 4.63. The van der Waals surface area contributed by atoms with E-state index in [0.29, 0.717) is 43.5 Å². The molecule has 10 nitrogen and oxygen atoms in total. The minimum Gasteiger partial charge on any atom is -0.494 e. The number of pyridine rings is 1. The number of anilines is 2. The second-order valence-electron chi connectivity index (χ2n) is 6.57. The first-order chi connectivity index (χ1) is 14.0. The van der Waals surface area contributed by atoms with E-state index < -0.39 is 17.4 Å². The second-order valence-corrected chi connectivity index (χ2v) is 6.57. The summed E-state index contributed by atoms with van der Waals surface area (Å²) >= 11 is 0. The number of carbonyl (C=O) groups excluding carboxylic acids is 2. The zero-order valence-electron chi connectivity index (χ0n) is 16.0. The fourth-order valence-corrected chi connectivity index (χ4v) is 3.62. The molecule has 1 aromatic carbocycles. The molecule has 10 heteroatoms. The molecular weight excluding hydrogens is 380 g/mol. The van der Waals surface area contributed by atoms with Crippen LogP contribution >= 0.6 is 0 Å².